The number of thioether (sulfide) groups is 1. The Morgan fingerprint density at radius 1 is 1.59 bits per heavy atom. The highest BCUT2D eigenvalue weighted by atomic mass is 79.9. The Labute approximate surface area is 113 Å². The van der Waals surface area contributed by atoms with Gasteiger partial charge in [0.1, 0.15) is 4.90 Å². The van der Waals surface area contributed by atoms with E-state index in [2.05, 4.69) is 31.1 Å². The summed E-state index contributed by atoms with van der Waals surface area (Å²) in [6.07, 6.45) is 3.37. The van der Waals surface area contributed by atoms with E-state index in [4.69, 9.17) is 5.84 Å². The zero-order valence-corrected chi connectivity index (χ0v) is 12.3. The van der Waals surface area contributed by atoms with Crippen molar-refractivity contribution < 1.29 is 8.42 Å². The zero-order chi connectivity index (χ0) is 12.9. The fourth-order valence-electron chi connectivity index (χ4n) is 1.09. The van der Waals surface area contributed by atoms with Crippen LogP contribution >= 0.6 is 27.7 Å². The van der Waals surface area contributed by atoms with Gasteiger partial charge in [0.05, 0.1) is 0 Å². The number of nitrogen functional groups attached to an aromatic ring is 1. The molecule has 0 saturated heterocycles. The van der Waals surface area contributed by atoms with E-state index >= 15 is 0 Å². The second kappa shape index (κ2) is 6.55. The summed E-state index contributed by atoms with van der Waals surface area (Å²) < 4.78 is 27.0. The van der Waals surface area contributed by atoms with E-state index in [1.54, 1.807) is 11.8 Å². The first-order chi connectivity index (χ1) is 8.01. The summed E-state index contributed by atoms with van der Waals surface area (Å²) in [6, 6.07) is 1.45. The molecule has 0 bridgehead atoms. The summed E-state index contributed by atoms with van der Waals surface area (Å²) in [5.41, 5.74) is 2.26. The van der Waals surface area contributed by atoms with Gasteiger partial charge in [-0.1, -0.05) is 0 Å². The topological polar surface area (TPSA) is 97.1 Å². The fraction of sp³-hybridized carbons (Fsp3) is 0.375. The lowest BCUT2D eigenvalue weighted by Gasteiger charge is -2.10. The van der Waals surface area contributed by atoms with E-state index in [-0.39, 0.29) is 10.7 Å². The van der Waals surface area contributed by atoms with Crippen LogP contribution in [-0.2, 0) is 10.0 Å². The van der Waals surface area contributed by atoms with Gasteiger partial charge >= 0.3 is 0 Å². The number of rotatable bonds is 6. The number of hydrazine groups is 1. The Kier molecular flexibility index (Phi) is 5.67. The number of hydrogen-bond donors (Lipinski definition) is 3. The van der Waals surface area contributed by atoms with Crippen LogP contribution in [0.3, 0.4) is 0 Å². The third-order valence-corrected chi connectivity index (χ3v) is 4.36. The van der Waals surface area contributed by atoms with Gasteiger partial charge in [0.15, 0.2) is 5.82 Å². The molecule has 1 heterocycles. The number of pyridine rings is 1. The molecular weight excluding hydrogens is 328 g/mol. The maximum absolute atomic E-state index is 12.0. The van der Waals surface area contributed by atoms with Crippen LogP contribution < -0.4 is 16.0 Å². The van der Waals surface area contributed by atoms with E-state index in [9.17, 15) is 8.42 Å². The van der Waals surface area contributed by atoms with Crippen LogP contribution in [0.1, 0.15) is 0 Å². The normalized spacial score (nSPS) is 11.5. The van der Waals surface area contributed by atoms with Crippen LogP contribution in [0.2, 0.25) is 0 Å². The Balaban J connectivity index is 3.00. The highest BCUT2D eigenvalue weighted by Crippen LogP contribution is 2.21. The first-order valence-electron chi connectivity index (χ1n) is 4.62. The molecule has 0 amide bonds. The average Bonchev–Trinajstić information content (AvgIpc) is 2.29. The third kappa shape index (κ3) is 4.11. The molecule has 1 aromatic rings. The van der Waals surface area contributed by atoms with Crippen molar-refractivity contribution in [2.75, 3.05) is 24.0 Å². The number of anilines is 1. The standard InChI is InChI=1S/C8H13BrN4O2S2/c1-16-3-2-12-17(14,15)7-4-6(9)5-11-8(7)13-10/h4-5,12H,2-3,10H2,1H3,(H,11,13). The molecule has 0 unspecified atom stereocenters. The second-order valence-electron chi connectivity index (χ2n) is 3.04. The van der Waals surface area contributed by atoms with E-state index in [1.165, 1.54) is 12.3 Å². The van der Waals surface area contributed by atoms with E-state index in [0.717, 1.165) is 0 Å². The minimum Gasteiger partial charge on any atom is -0.307 e. The highest BCUT2D eigenvalue weighted by molar-refractivity contribution is 9.10. The number of nitrogens with one attached hydrogen (secondary N) is 2. The van der Waals surface area contributed by atoms with Crippen molar-refractivity contribution in [3.8, 4) is 0 Å². The van der Waals surface area contributed by atoms with Crippen molar-refractivity contribution in [1.82, 2.24) is 9.71 Å². The van der Waals surface area contributed by atoms with Gasteiger partial charge in [0.25, 0.3) is 0 Å². The maximum atomic E-state index is 12.0. The Morgan fingerprint density at radius 2 is 2.29 bits per heavy atom. The molecule has 0 aliphatic carbocycles. The molecule has 1 aromatic heterocycles. The molecule has 0 atom stereocenters. The third-order valence-electron chi connectivity index (χ3n) is 1.84. The lowest BCUT2D eigenvalue weighted by atomic mass is 10.5. The Hall–Kier alpha value is -0.350. The molecule has 0 aliphatic rings. The SMILES string of the molecule is CSCCNS(=O)(=O)c1cc(Br)cnc1NN. The fourth-order valence-corrected chi connectivity index (χ4v) is 3.18. The van der Waals surface area contributed by atoms with Gasteiger partial charge in [0.2, 0.25) is 10.0 Å². The van der Waals surface area contributed by atoms with Gasteiger partial charge in [0, 0.05) is 23.0 Å². The molecule has 0 aromatic carbocycles. The molecular formula is C8H13BrN4O2S2. The van der Waals surface area contributed by atoms with Crippen molar-refractivity contribution in [2.45, 2.75) is 4.90 Å². The summed E-state index contributed by atoms with van der Waals surface area (Å²) in [5, 5.41) is 0. The van der Waals surface area contributed by atoms with Gasteiger partial charge < -0.3 is 5.43 Å². The second-order valence-corrected chi connectivity index (χ2v) is 6.67. The van der Waals surface area contributed by atoms with Gasteiger partial charge in [-0.05, 0) is 28.3 Å². The van der Waals surface area contributed by atoms with Crippen LogP contribution in [0.4, 0.5) is 5.82 Å². The molecule has 1 rings (SSSR count). The molecule has 6 nitrogen and oxygen atoms in total. The minimum atomic E-state index is -3.60. The number of nitrogens with two attached hydrogens (primary N) is 1. The first-order valence-corrected chi connectivity index (χ1v) is 8.29. The van der Waals surface area contributed by atoms with Crippen LogP contribution in [0.5, 0.6) is 0 Å². The van der Waals surface area contributed by atoms with Crippen molar-refractivity contribution in [2.24, 2.45) is 5.84 Å². The molecule has 9 heteroatoms. The van der Waals surface area contributed by atoms with E-state index < -0.39 is 10.0 Å². The first kappa shape index (κ1) is 14.7. The molecule has 0 fully saturated rings. The quantitative estimate of drug-likeness (QED) is 0.402. The number of hydrogen-bond acceptors (Lipinski definition) is 6. The highest BCUT2D eigenvalue weighted by Gasteiger charge is 2.19. The molecule has 0 radical (unpaired) electrons. The van der Waals surface area contributed by atoms with E-state index in [0.29, 0.717) is 16.8 Å². The lowest BCUT2D eigenvalue weighted by molar-refractivity contribution is 0.584. The van der Waals surface area contributed by atoms with Crippen LogP contribution in [0, 0.1) is 0 Å². The van der Waals surface area contributed by atoms with Crippen LogP contribution in [-0.4, -0.2) is 32.0 Å². The summed E-state index contributed by atoms with van der Waals surface area (Å²) in [4.78, 5) is 3.91. The lowest BCUT2D eigenvalue weighted by Crippen LogP contribution is -2.27. The Morgan fingerprint density at radius 3 is 2.88 bits per heavy atom. The molecule has 96 valence electrons. The summed E-state index contributed by atoms with van der Waals surface area (Å²) >= 11 is 4.73. The predicted octanol–water partition coefficient (Wildman–Crippen LogP) is 0.771. The number of sulfonamides is 1. The summed E-state index contributed by atoms with van der Waals surface area (Å²) in [5.74, 6) is 6.04. The minimum absolute atomic E-state index is 0.0236. The van der Waals surface area contributed by atoms with Crippen LogP contribution in [0.15, 0.2) is 21.6 Å². The van der Waals surface area contributed by atoms with Gasteiger partial charge in [-0.2, -0.15) is 11.8 Å². The van der Waals surface area contributed by atoms with Crippen molar-refractivity contribution >= 4 is 43.5 Å². The monoisotopic (exact) mass is 340 g/mol. The molecule has 4 N–H and O–H groups in total. The smallest absolute Gasteiger partial charge is 0.244 e. The number of aromatic nitrogens is 1. The maximum Gasteiger partial charge on any atom is 0.244 e. The number of nitrogens with zero attached hydrogens (tertiary/aromatic N) is 1. The van der Waals surface area contributed by atoms with Gasteiger partial charge in [-0.25, -0.2) is 24.0 Å². The van der Waals surface area contributed by atoms with Crippen molar-refractivity contribution in [1.29, 1.82) is 0 Å². The Bertz CT molecular complexity index is 480. The molecule has 0 aliphatic heterocycles. The van der Waals surface area contributed by atoms with Crippen LogP contribution in [0.25, 0.3) is 0 Å². The average molecular weight is 341 g/mol. The molecule has 0 spiro atoms. The summed E-state index contributed by atoms with van der Waals surface area (Å²) in [7, 11) is -3.60. The molecule has 17 heavy (non-hydrogen) atoms. The van der Waals surface area contributed by atoms with E-state index in [1.807, 2.05) is 6.26 Å². The molecule has 0 saturated carbocycles. The largest absolute Gasteiger partial charge is 0.307 e. The van der Waals surface area contributed by atoms with Gasteiger partial charge in [-0.15, -0.1) is 0 Å². The van der Waals surface area contributed by atoms with Crippen molar-refractivity contribution in [3.05, 3.63) is 16.7 Å². The number of halogens is 1. The van der Waals surface area contributed by atoms with Crippen molar-refractivity contribution in [3.63, 3.8) is 0 Å². The summed E-state index contributed by atoms with van der Waals surface area (Å²) in [6.45, 7) is 0.361. The zero-order valence-electron chi connectivity index (χ0n) is 9.10. The predicted molar refractivity (Wildman–Crippen MR) is 73.3 cm³/mol. The van der Waals surface area contributed by atoms with Gasteiger partial charge in [-0.3, -0.25) is 0 Å².